The smallest absolute Gasteiger partial charge is 0.188 e. The predicted octanol–water partition coefficient (Wildman–Crippen LogP) is 2.65. The molecule has 4 heteroatoms. The molecule has 2 aromatic rings. The normalized spacial score (nSPS) is 11.5. The number of benzene rings is 1. The van der Waals surface area contributed by atoms with Gasteiger partial charge in [-0.25, -0.2) is 4.99 Å². The molecule has 0 spiro atoms. The van der Waals surface area contributed by atoms with Crippen molar-refractivity contribution in [3.63, 3.8) is 0 Å². The van der Waals surface area contributed by atoms with Crippen LogP contribution in [-0.4, -0.2) is 17.5 Å². The summed E-state index contributed by atoms with van der Waals surface area (Å²) < 4.78 is 0. The molecular weight excluding hydrogens is 272 g/mol. The van der Waals surface area contributed by atoms with Gasteiger partial charge >= 0.3 is 0 Å². The van der Waals surface area contributed by atoms with Gasteiger partial charge in [0.1, 0.15) is 0 Å². The third-order valence-electron chi connectivity index (χ3n) is 3.66. The van der Waals surface area contributed by atoms with E-state index in [1.807, 2.05) is 18.2 Å². The van der Waals surface area contributed by atoms with Crippen LogP contribution in [0.4, 0.5) is 0 Å². The van der Waals surface area contributed by atoms with E-state index in [0.29, 0.717) is 12.5 Å². The van der Waals surface area contributed by atoms with Crippen LogP contribution in [0.3, 0.4) is 0 Å². The lowest BCUT2D eigenvalue weighted by Gasteiger charge is -2.10. The summed E-state index contributed by atoms with van der Waals surface area (Å²) in [6.07, 6.45) is 2.63. The Morgan fingerprint density at radius 3 is 2.55 bits per heavy atom. The Balaban J connectivity index is 1.88. The minimum atomic E-state index is 0.482. The minimum absolute atomic E-state index is 0.482. The highest BCUT2D eigenvalue weighted by Crippen LogP contribution is 2.17. The summed E-state index contributed by atoms with van der Waals surface area (Å²) in [6, 6.07) is 10.3. The fourth-order valence-corrected chi connectivity index (χ4v) is 2.54. The number of aliphatic imine (C=N–C) groups is 1. The van der Waals surface area contributed by atoms with Gasteiger partial charge in [0.2, 0.25) is 0 Å². The lowest BCUT2D eigenvalue weighted by Crippen LogP contribution is -2.33. The fraction of sp³-hybridized carbons (Fsp3) is 0.333. The maximum atomic E-state index is 5.93. The Hall–Kier alpha value is -2.36. The average molecular weight is 296 g/mol. The number of aryl methyl sites for hydroxylation is 3. The predicted molar refractivity (Wildman–Crippen MR) is 91.9 cm³/mol. The molecule has 0 aliphatic rings. The van der Waals surface area contributed by atoms with Gasteiger partial charge in [-0.3, -0.25) is 4.98 Å². The SMILES string of the molecule is Cc1cc(C)c(CN=C(N)NCCc2ccccn2)c(C)c1. The Bertz CT molecular complexity index is 624. The summed E-state index contributed by atoms with van der Waals surface area (Å²) in [5.74, 6) is 0.482. The molecule has 116 valence electrons. The molecule has 0 aliphatic carbocycles. The van der Waals surface area contributed by atoms with Crippen LogP contribution >= 0.6 is 0 Å². The quantitative estimate of drug-likeness (QED) is 0.658. The van der Waals surface area contributed by atoms with Crippen LogP contribution in [-0.2, 0) is 13.0 Å². The van der Waals surface area contributed by atoms with Gasteiger partial charge in [-0.15, -0.1) is 0 Å². The van der Waals surface area contributed by atoms with Crippen LogP contribution in [0.25, 0.3) is 0 Å². The molecule has 0 bridgehead atoms. The van der Waals surface area contributed by atoms with Crippen LogP contribution in [0.5, 0.6) is 0 Å². The van der Waals surface area contributed by atoms with Crippen molar-refractivity contribution in [3.05, 3.63) is 64.5 Å². The van der Waals surface area contributed by atoms with Crippen molar-refractivity contribution in [1.29, 1.82) is 0 Å². The third-order valence-corrected chi connectivity index (χ3v) is 3.66. The summed E-state index contributed by atoms with van der Waals surface area (Å²) in [5, 5.41) is 3.14. The van der Waals surface area contributed by atoms with Crippen LogP contribution in [0.15, 0.2) is 41.5 Å². The topological polar surface area (TPSA) is 63.3 Å². The second kappa shape index (κ2) is 7.59. The van der Waals surface area contributed by atoms with E-state index in [1.54, 1.807) is 6.20 Å². The van der Waals surface area contributed by atoms with Crippen molar-refractivity contribution in [2.24, 2.45) is 10.7 Å². The number of aromatic nitrogens is 1. The van der Waals surface area contributed by atoms with Gasteiger partial charge < -0.3 is 11.1 Å². The molecular formula is C18H24N4. The number of nitrogens with two attached hydrogens (primary N) is 1. The Kier molecular flexibility index (Phi) is 5.53. The van der Waals surface area contributed by atoms with Gasteiger partial charge in [0.05, 0.1) is 6.54 Å². The van der Waals surface area contributed by atoms with Crippen molar-refractivity contribution >= 4 is 5.96 Å². The standard InChI is InChI=1S/C18H24N4/c1-13-10-14(2)17(15(3)11-13)12-22-18(19)21-9-7-16-6-4-5-8-20-16/h4-6,8,10-11H,7,9,12H2,1-3H3,(H3,19,21,22). The highest BCUT2D eigenvalue weighted by atomic mass is 15.1. The zero-order valence-corrected chi connectivity index (χ0v) is 13.6. The number of guanidine groups is 1. The molecule has 0 amide bonds. The lowest BCUT2D eigenvalue weighted by atomic mass is 10.00. The first-order valence-corrected chi connectivity index (χ1v) is 7.56. The highest BCUT2D eigenvalue weighted by Gasteiger charge is 2.03. The maximum absolute atomic E-state index is 5.93. The Labute approximate surface area is 132 Å². The second-order valence-corrected chi connectivity index (χ2v) is 5.58. The number of pyridine rings is 1. The van der Waals surface area contributed by atoms with E-state index in [-0.39, 0.29) is 0 Å². The van der Waals surface area contributed by atoms with Crippen LogP contribution in [0.1, 0.15) is 27.9 Å². The van der Waals surface area contributed by atoms with Gasteiger partial charge in [0.15, 0.2) is 5.96 Å². The number of nitrogens with zero attached hydrogens (tertiary/aromatic N) is 2. The molecule has 1 heterocycles. The van der Waals surface area contributed by atoms with Crippen molar-refractivity contribution in [1.82, 2.24) is 10.3 Å². The zero-order chi connectivity index (χ0) is 15.9. The van der Waals surface area contributed by atoms with E-state index < -0.39 is 0 Å². The van der Waals surface area contributed by atoms with Crippen molar-refractivity contribution in [2.75, 3.05) is 6.54 Å². The van der Waals surface area contributed by atoms with Crippen LogP contribution < -0.4 is 11.1 Å². The van der Waals surface area contributed by atoms with E-state index in [1.165, 1.54) is 22.3 Å². The van der Waals surface area contributed by atoms with Gasteiger partial charge in [0, 0.05) is 24.9 Å². The fourth-order valence-electron chi connectivity index (χ4n) is 2.54. The van der Waals surface area contributed by atoms with E-state index in [2.05, 4.69) is 48.2 Å². The summed E-state index contributed by atoms with van der Waals surface area (Å²) in [6.45, 7) is 7.70. The van der Waals surface area contributed by atoms with Gasteiger partial charge in [-0.05, 0) is 49.6 Å². The Morgan fingerprint density at radius 2 is 1.91 bits per heavy atom. The van der Waals surface area contributed by atoms with Crippen molar-refractivity contribution < 1.29 is 0 Å². The zero-order valence-electron chi connectivity index (χ0n) is 13.6. The Morgan fingerprint density at radius 1 is 1.18 bits per heavy atom. The van der Waals surface area contributed by atoms with Crippen LogP contribution in [0.2, 0.25) is 0 Å². The number of hydrogen-bond acceptors (Lipinski definition) is 2. The molecule has 3 N–H and O–H groups in total. The van der Waals surface area contributed by atoms with E-state index in [0.717, 1.165) is 18.7 Å². The molecule has 2 rings (SSSR count). The van der Waals surface area contributed by atoms with Gasteiger partial charge in [0.25, 0.3) is 0 Å². The first-order chi connectivity index (χ1) is 10.6. The van der Waals surface area contributed by atoms with E-state index in [9.17, 15) is 0 Å². The molecule has 0 unspecified atom stereocenters. The summed E-state index contributed by atoms with van der Waals surface area (Å²) in [4.78, 5) is 8.72. The molecule has 0 radical (unpaired) electrons. The molecule has 1 aromatic heterocycles. The van der Waals surface area contributed by atoms with Gasteiger partial charge in [-0.2, -0.15) is 0 Å². The summed E-state index contributed by atoms with van der Waals surface area (Å²) in [5.41, 5.74) is 12.0. The molecule has 1 aromatic carbocycles. The summed E-state index contributed by atoms with van der Waals surface area (Å²) >= 11 is 0. The summed E-state index contributed by atoms with van der Waals surface area (Å²) in [7, 11) is 0. The first-order valence-electron chi connectivity index (χ1n) is 7.56. The molecule has 0 fully saturated rings. The molecule has 4 nitrogen and oxygen atoms in total. The second-order valence-electron chi connectivity index (χ2n) is 5.58. The monoisotopic (exact) mass is 296 g/mol. The van der Waals surface area contributed by atoms with E-state index in [4.69, 9.17) is 5.73 Å². The molecule has 22 heavy (non-hydrogen) atoms. The third kappa shape index (κ3) is 4.58. The molecule has 0 aliphatic heterocycles. The molecule has 0 saturated carbocycles. The highest BCUT2D eigenvalue weighted by molar-refractivity contribution is 5.77. The number of hydrogen-bond donors (Lipinski definition) is 2. The minimum Gasteiger partial charge on any atom is -0.370 e. The lowest BCUT2D eigenvalue weighted by molar-refractivity contribution is 0.826. The van der Waals surface area contributed by atoms with Crippen molar-refractivity contribution in [2.45, 2.75) is 33.7 Å². The van der Waals surface area contributed by atoms with Crippen molar-refractivity contribution in [3.8, 4) is 0 Å². The molecule has 0 atom stereocenters. The van der Waals surface area contributed by atoms with E-state index >= 15 is 0 Å². The largest absolute Gasteiger partial charge is 0.370 e. The number of rotatable bonds is 5. The average Bonchev–Trinajstić information content (AvgIpc) is 2.47. The maximum Gasteiger partial charge on any atom is 0.188 e. The first kappa shape index (κ1) is 16.0. The molecule has 0 saturated heterocycles. The number of nitrogens with one attached hydrogen (secondary N) is 1. The van der Waals surface area contributed by atoms with Crippen LogP contribution in [0, 0.1) is 20.8 Å². The van der Waals surface area contributed by atoms with Gasteiger partial charge in [-0.1, -0.05) is 23.8 Å².